The molecule has 0 atom stereocenters. The molecule has 0 radical (unpaired) electrons. The van der Waals surface area contributed by atoms with Crippen LogP contribution in [-0.4, -0.2) is 56.0 Å². The number of thiophene rings is 1. The number of hydrogen-bond acceptors (Lipinski definition) is 4. The lowest BCUT2D eigenvalue weighted by atomic mass is 9.93. The molecule has 1 aromatic rings. The summed E-state index contributed by atoms with van der Waals surface area (Å²) in [6.45, 7) is 4.36. The average molecular weight is 380 g/mol. The first kappa shape index (κ1) is 20.7. The number of halogens is 2. The summed E-state index contributed by atoms with van der Waals surface area (Å²) in [5.74, 6) is 1.00. The van der Waals surface area contributed by atoms with Gasteiger partial charge in [-0.3, -0.25) is 9.69 Å². The van der Waals surface area contributed by atoms with Crippen molar-refractivity contribution in [3.05, 3.63) is 21.3 Å². The smallest absolute Gasteiger partial charge is 0.236 e. The Balaban J connectivity index is 0.00000264. The Bertz CT molecular complexity index is 476. The highest BCUT2D eigenvalue weighted by atomic mass is 35.5. The maximum Gasteiger partial charge on any atom is 0.236 e. The van der Waals surface area contributed by atoms with Gasteiger partial charge >= 0.3 is 0 Å². The van der Waals surface area contributed by atoms with Crippen LogP contribution in [0.5, 0.6) is 0 Å². The van der Waals surface area contributed by atoms with Crippen LogP contribution in [0.1, 0.15) is 24.1 Å². The van der Waals surface area contributed by atoms with E-state index in [1.54, 1.807) is 4.90 Å². The second-order valence-electron chi connectivity index (χ2n) is 6.07. The molecule has 2 heterocycles. The van der Waals surface area contributed by atoms with Crippen molar-refractivity contribution >= 4 is 41.3 Å². The van der Waals surface area contributed by atoms with Crippen LogP contribution in [0.3, 0.4) is 0 Å². The van der Waals surface area contributed by atoms with E-state index in [9.17, 15) is 4.79 Å². The van der Waals surface area contributed by atoms with Crippen LogP contribution >= 0.6 is 35.3 Å². The second-order valence-corrected chi connectivity index (χ2v) is 7.87. The van der Waals surface area contributed by atoms with Crippen LogP contribution in [0.4, 0.5) is 0 Å². The highest BCUT2D eigenvalue weighted by Gasteiger charge is 2.21. The molecule has 132 valence electrons. The highest BCUT2D eigenvalue weighted by molar-refractivity contribution is 7.16. The van der Waals surface area contributed by atoms with Gasteiger partial charge in [0.2, 0.25) is 5.91 Å². The van der Waals surface area contributed by atoms with E-state index in [0.717, 1.165) is 34.8 Å². The molecule has 0 aromatic carbocycles. The Kier molecular flexibility index (Phi) is 9.47. The van der Waals surface area contributed by atoms with Crippen LogP contribution < -0.4 is 5.32 Å². The lowest BCUT2D eigenvalue weighted by Crippen LogP contribution is -2.42. The molecule has 1 N–H and O–H groups in total. The third-order valence-corrected chi connectivity index (χ3v) is 5.53. The third kappa shape index (κ3) is 6.98. The van der Waals surface area contributed by atoms with Crippen molar-refractivity contribution in [1.29, 1.82) is 0 Å². The fourth-order valence-electron chi connectivity index (χ4n) is 2.85. The minimum atomic E-state index is 0. The molecule has 0 aliphatic carbocycles. The van der Waals surface area contributed by atoms with Crippen LogP contribution in [0, 0.1) is 5.92 Å². The van der Waals surface area contributed by atoms with Crippen molar-refractivity contribution < 1.29 is 4.79 Å². The van der Waals surface area contributed by atoms with Gasteiger partial charge in [-0.2, -0.15) is 0 Å². The summed E-state index contributed by atoms with van der Waals surface area (Å²) in [4.78, 5) is 17.5. The molecule has 7 heteroatoms. The standard InChI is InChI=1S/C16H26ClN3OS.ClH/c1-18-8-5-13-6-9-20(10-7-13)12-16(21)19(2)11-14-3-4-15(17)22-14;/h3-4,13,18H,5-12H2,1-2H3;1H. The lowest BCUT2D eigenvalue weighted by molar-refractivity contribution is -0.132. The topological polar surface area (TPSA) is 35.6 Å². The summed E-state index contributed by atoms with van der Waals surface area (Å²) in [7, 11) is 3.88. The van der Waals surface area contributed by atoms with Gasteiger partial charge in [-0.25, -0.2) is 0 Å². The van der Waals surface area contributed by atoms with Crippen LogP contribution in [-0.2, 0) is 11.3 Å². The number of carbonyl (C=O) groups is 1. The molecule has 2 rings (SSSR count). The average Bonchev–Trinajstić information content (AvgIpc) is 2.91. The minimum absolute atomic E-state index is 0. The van der Waals surface area contributed by atoms with Gasteiger partial charge in [0.05, 0.1) is 17.4 Å². The van der Waals surface area contributed by atoms with E-state index in [1.807, 2.05) is 26.2 Å². The van der Waals surface area contributed by atoms with Gasteiger partial charge in [0, 0.05) is 11.9 Å². The number of likely N-dealkylation sites (N-methyl/N-ethyl adjacent to an activating group) is 1. The first-order chi connectivity index (χ1) is 10.6. The van der Waals surface area contributed by atoms with Crippen molar-refractivity contribution in [3.8, 4) is 0 Å². The fraction of sp³-hybridized carbons (Fsp3) is 0.688. The predicted molar refractivity (Wildman–Crippen MR) is 101 cm³/mol. The molecular formula is C16H27Cl2N3OS. The molecule has 0 unspecified atom stereocenters. The minimum Gasteiger partial charge on any atom is -0.340 e. The normalized spacial score (nSPS) is 16.1. The van der Waals surface area contributed by atoms with Gasteiger partial charge in [-0.15, -0.1) is 23.7 Å². The summed E-state index contributed by atoms with van der Waals surface area (Å²) in [5.41, 5.74) is 0. The number of nitrogens with zero attached hydrogens (tertiary/aromatic N) is 2. The van der Waals surface area contributed by atoms with Crippen molar-refractivity contribution in [1.82, 2.24) is 15.1 Å². The largest absolute Gasteiger partial charge is 0.340 e. The van der Waals surface area contributed by atoms with E-state index in [4.69, 9.17) is 11.6 Å². The highest BCUT2D eigenvalue weighted by Crippen LogP contribution is 2.23. The van der Waals surface area contributed by atoms with Crippen LogP contribution in [0.15, 0.2) is 12.1 Å². The molecule has 1 aliphatic rings. The summed E-state index contributed by atoms with van der Waals surface area (Å²) in [6, 6.07) is 3.87. The number of rotatable bonds is 7. The summed E-state index contributed by atoms with van der Waals surface area (Å²) < 4.78 is 0.777. The zero-order chi connectivity index (χ0) is 15.9. The van der Waals surface area contributed by atoms with Gasteiger partial charge in [-0.1, -0.05) is 11.6 Å². The van der Waals surface area contributed by atoms with Crippen LogP contribution in [0.2, 0.25) is 4.34 Å². The van der Waals surface area contributed by atoms with Crippen molar-refractivity contribution in [2.75, 3.05) is 40.3 Å². The zero-order valence-corrected chi connectivity index (χ0v) is 16.3. The van der Waals surface area contributed by atoms with Gasteiger partial charge in [-0.05, 0) is 64.0 Å². The lowest BCUT2D eigenvalue weighted by Gasteiger charge is -2.32. The van der Waals surface area contributed by atoms with Crippen molar-refractivity contribution in [2.24, 2.45) is 5.92 Å². The van der Waals surface area contributed by atoms with E-state index in [-0.39, 0.29) is 18.3 Å². The van der Waals surface area contributed by atoms with Crippen molar-refractivity contribution in [2.45, 2.75) is 25.8 Å². The number of nitrogens with one attached hydrogen (secondary N) is 1. The Morgan fingerprint density at radius 1 is 1.43 bits per heavy atom. The Labute approximate surface area is 154 Å². The fourth-order valence-corrected chi connectivity index (χ4v) is 3.99. The first-order valence-corrected chi connectivity index (χ1v) is 9.13. The Morgan fingerprint density at radius 2 is 2.13 bits per heavy atom. The zero-order valence-electron chi connectivity index (χ0n) is 13.9. The second kappa shape index (κ2) is 10.5. The Hall–Kier alpha value is -0.330. The number of likely N-dealkylation sites (tertiary alicyclic amines) is 1. The van der Waals surface area contributed by atoms with Crippen molar-refractivity contribution in [3.63, 3.8) is 0 Å². The summed E-state index contributed by atoms with van der Waals surface area (Å²) >= 11 is 7.47. The first-order valence-electron chi connectivity index (χ1n) is 7.93. The maximum absolute atomic E-state index is 12.3. The van der Waals surface area contributed by atoms with E-state index >= 15 is 0 Å². The van der Waals surface area contributed by atoms with Crippen LogP contribution in [0.25, 0.3) is 0 Å². The quantitative estimate of drug-likeness (QED) is 0.790. The maximum atomic E-state index is 12.3. The summed E-state index contributed by atoms with van der Waals surface area (Å²) in [5, 5.41) is 3.22. The Morgan fingerprint density at radius 3 is 2.70 bits per heavy atom. The molecule has 1 amide bonds. The van der Waals surface area contributed by atoms with Gasteiger partial charge in [0.15, 0.2) is 0 Å². The third-order valence-electron chi connectivity index (χ3n) is 4.32. The monoisotopic (exact) mass is 379 g/mol. The molecule has 0 spiro atoms. The number of hydrogen-bond donors (Lipinski definition) is 1. The van der Waals surface area contributed by atoms with E-state index < -0.39 is 0 Å². The number of piperidine rings is 1. The number of carbonyl (C=O) groups excluding carboxylic acids is 1. The van der Waals surface area contributed by atoms with Gasteiger partial charge in [0.1, 0.15) is 0 Å². The van der Waals surface area contributed by atoms with E-state index in [1.165, 1.54) is 30.6 Å². The molecule has 0 saturated carbocycles. The SMILES string of the molecule is CNCCC1CCN(CC(=O)N(C)Cc2ccc(Cl)s2)CC1.Cl. The molecule has 1 aliphatic heterocycles. The molecular weight excluding hydrogens is 353 g/mol. The molecule has 0 bridgehead atoms. The van der Waals surface area contributed by atoms with E-state index in [2.05, 4.69) is 10.2 Å². The van der Waals surface area contributed by atoms with E-state index in [0.29, 0.717) is 13.1 Å². The van der Waals surface area contributed by atoms with Gasteiger partial charge in [0.25, 0.3) is 0 Å². The molecule has 1 fully saturated rings. The summed E-state index contributed by atoms with van der Waals surface area (Å²) in [6.07, 6.45) is 3.66. The molecule has 1 aromatic heterocycles. The molecule has 4 nitrogen and oxygen atoms in total. The number of amides is 1. The predicted octanol–water partition coefficient (Wildman–Crippen LogP) is 3.10. The molecule has 23 heavy (non-hydrogen) atoms. The molecule has 1 saturated heterocycles. The van der Waals surface area contributed by atoms with Gasteiger partial charge < -0.3 is 10.2 Å².